The molecule has 10 heteroatoms. The minimum atomic E-state index is -4.41. The summed E-state index contributed by atoms with van der Waals surface area (Å²) in [5, 5.41) is 11.1. The van der Waals surface area contributed by atoms with E-state index in [9.17, 15) is 18.0 Å². The number of halogens is 3. The van der Waals surface area contributed by atoms with E-state index in [2.05, 4.69) is 34.8 Å². The third kappa shape index (κ3) is 4.98. The second kappa shape index (κ2) is 9.46. The van der Waals surface area contributed by atoms with Crippen molar-refractivity contribution in [2.75, 3.05) is 18.4 Å². The van der Waals surface area contributed by atoms with E-state index in [1.54, 1.807) is 0 Å². The van der Waals surface area contributed by atoms with Crippen molar-refractivity contribution < 1.29 is 18.0 Å². The summed E-state index contributed by atoms with van der Waals surface area (Å²) in [6.07, 6.45) is -2.28. The highest BCUT2D eigenvalue weighted by atomic mass is 32.1. The molecular weight excluding hydrogens is 457 g/mol. The van der Waals surface area contributed by atoms with Crippen LogP contribution < -0.4 is 16.0 Å². The Bertz CT molecular complexity index is 1120. The lowest BCUT2D eigenvalue weighted by atomic mass is 10.0. The molecule has 0 bridgehead atoms. The summed E-state index contributed by atoms with van der Waals surface area (Å²) in [6, 6.07) is 4.00. The van der Waals surface area contributed by atoms with Gasteiger partial charge in [-0.25, -0.2) is 4.98 Å². The maximum absolute atomic E-state index is 13.1. The number of nitrogens with zero attached hydrogens (tertiary/aromatic N) is 1. The van der Waals surface area contributed by atoms with Crippen molar-refractivity contribution in [3.05, 3.63) is 34.2 Å². The average Bonchev–Trinajstić information content (AvgIpc) is 3.32. The number of hydrogen-bond donors (Lipinski definition) is 3. The molecule has 0 radical (unpaired) electrons. The fourth-order valence-electron chi connectivity index (χ4n) is 3.63. The van der Waals surface area contributed by atoms with E-state index in [1.807, 2.05) is 0 Å². The number of carbonyl (C=O) groups excluding carboxylic acids is 1. The third-order valence-corrected chi connectivity index (χ3v) is 7.77. The molecule has 3 heterocycles. The van der Waals surface area contributed by atoms with Gasteiger partial charge in [-0.2, -0.15) is 13.2 Å². The summed E-state index contributed by atoms with van der Waals surface area (Å²) >= 11 is 2.88. The first-order valence-corrected chi connectivity index (χ1v) is 12.3. The summed E-state index contributed by atoms with van der Waals surface area (Å²) < 4.78 is 40.1. The quantitative estimate of drug-likeness (QED) is 0.422. The number of nitrogens with one attached hydrogen (secondary N) is 3. The van der Waals surface area contributed by atoms with Crippen LogP contribution in [0.1, 0.15) is 42.7 Å². The predicted molar refractivity (Wildman–Crippen MR) is 124 cm³/mol. The molecule has 0 fully saturated rings. The Balaban J connectivity index is 1.64. The van der Waals surface area contributed by atoms with E-state index in [0.717, 1.165) is 52.5 Å². The van der Waals surface area contributed by atoms with Crippen molar-refractivity contribution in [3.8, 4) is 10.6 Å². The SMILES string of the molecule is CC[C@H](C)NCCC(=O)Nc1sc2c(c1-c1nc3cc(C(F)(F)F)ccc3s1)CCNC2. The number of benzene rings is 1. The standard InChI is InChI=1S/C22H25F3N4OS2/c1-3-12(2)27-9-7-18(30)29-21-19(14-6-8-26-11-17(14)32-21)20-28-15-10-13(22(23,24)25)4-5-16(15)31-20/h4-5,10,12,26-27H,3,6-9,11H2,1-2H3,(H,29,30)/t12-/m0/s1. The van der Waals surface area contributed by atoms with Crippen molar-refractivity contribution in [2.45, 2.75) is 51.9 Å². The molecule has 0 unspecified atom stereocenters. The van der Waals surface area contributed by atoms with Gasteiger partial charge in [0.2, 0.25) is 5.91 Å². The number of hydrogen-bond acceptors (Lipinski definition) is 6. The fraction of sp³-hybridized carbons (Fsp3) is 0.455. The van der Waals surface area contributed by atoms with E-state index in [1.165, 1.54) is 28.7 Å². The zero-order valence-corrected chi connectivity index (χ0v) is 19.5. The minimum absolute atomic E-state index is 0.0888. The normalized spacial score (nSPS) is 15.0. The molecule has 0 aliphatic carbocycles. The molecule has 1 aliphatic heterocycles. The zero-order chi connectivity index (χ0) is 22.9. The van der Waals surface area contributed by atoms with Gasteiger partial charge in [0.15, 0.2) is 0 Å². The molecule has 1 aliphatic rings. The first-order chi connectivity index (χ1) is 15.3. The van der Waals surface area contributed by atoms with Crippen LogP contribution in [0.4, 0.5) is 18.2 Å². The molecule has 3 N–H and O–H groups in total. The monoisotopic (exact) mass is 482 g/mol. The van der Waals surface area contributed by atoms with Crippen molar-refractivity contribution in [1.82, 2.24) is 15.6 Å². The Morgan fingerprint density at radius 1 is 1.31 bits per heavy atom. The highest BCUT2D eigenvalue weighted by molar-refractivity contribution is 7.22. The van der Waals surface area contributed by atoms with Gasteiger partial charge in [0, 0.05) is 36.0 Å². The van der Waals surface area contributed by atoms with Gasteiger partial charge in [-0.1, -0.05) is 6.92 Å². The van der Waals surface area contributed by atoms with E-state index < -0.39 is 11.7 Å². The molecule has 0 spiro atoms. The molecular formula is C22H25F3N4OS2. The number of fused-ring (bicyclic) bond motifs is 2. The van der Waals surface area contributed by atoms with Gasteiger partial charge in [0.05, 0.1) is 15.8 Å². The molecule has 0 saturated heterocycles. The van der Waals surface area contributed by atoms with Gasteiger partial charge in [-0.05, 0) is 50.1 Å². The van der Waals surface area contributed by atoms with Crippen LogP contribution in [0.15, 0.2) is 18.2 Å². The van der Waals surface area contributed by atoms with Crippen molar-refractivity contribution in [1.29, 1.82) is 0 Å². The van der Waals surface area contributed by atoms with Gasteiger partial charge in [-0.15, -0.1) is 22.7 Å². The molecule has 1 aromatic carbocycles. The van der Waals surface area contributed by atoms with Gasteiger partial charge in [0.25, 0.3) is 0 Å². The zero-order valence-electron chi connectivity index (χ0n) is 17.9. The number of thiazole rings is 1. The van der Waals surface area contributed by atoms with E-state index in [0.29, 0.717) is 40.8 Å². The number of alkyl halides is 3. The maximum atomic E-state index is 13.1. The van der Waals surface area contributed by atoms with Crippen LogP contribution in [0.25, 0.3) is 20.8 Å². The lowest BCUT2D eigenvalue weighted by Crippen LogP contribution is -2.28. The Kier molecular flexibility index (Phi) is 6.85. The number of rotatable bonds is 7. The third-order valence-electron chi connectivity index (χ3n) is 5.57. The molecule has 32 heavy (non-hydrogen) atoms. The Labute approximate surface area is 192 Å². The Morgan fingerprint density at radius 2 is 2.12 bits per heavy atom. The largest absolute Gasteiger partial charge is 0.416 e. The van der Waals surface area contributed by atoms with Crippen molar-refractivity contribution >= 4 is 43.8 Å². The van der Waals surface area contributed by atoms with Crippen LogP contribution >= 0.6 is 22.7 Å². The Morgan fingerprint density at radius 3 is 2.88 bits per heavy atom. The number of anilines is 1. The number of thiophene rings is 1. The van der Waals surface area contributed by atoms with Crippen LogP contribution in [0.2, 0.25) is 0 Å². The topological polar surface area (TPSA) is 66.0 Å². The molecule has 172 valence electrons. The number of carbonyl (C=O) groups is 1. The lowest BCUT2D eigenvalue weighted by molar-refractivity contribution is -0.137. The molecule has 4 rings (SSSR count). The van der Waals surface area contributed by atoms with Crippen LogP contribution in [-0.2, 0) is 23.9 Å². The molecule has 2 aromatic heterocycles. The second-order valence-corrected chi connectivity index (χ2v) is 10.0. The van der Waals surface area contributed by atoms with E-state index >= 15 is 0 Å². The Hall–Kier alpha value is -2.01. The molecule has 0 saturated carbocycles. The summed E-state index contributed by atoms with van der Waals surface area (Å²) in [5.74, 6) is -0.0888. The first-order valence-electron chi connectivity index (χ1n) is 10.6. The van der Waals surface area contributed by atoms with Crippen LogP contribution in [-0.4, -0.2) is 30.0 Å². The maximum Gasteiger partial charge on any atom is 0.416 e. The molecule has 3 aromatic rings. The van der Waals surface area contributed by atoms with Gasteiger partial charge < -0.3 is 16.0 Å². The van der Waals surface area contributed by atoms with Crippen LogP contribution in [0.5, 0.6) is 0 Å². The summed E-state index contributed by atoms with van der Waals surface area (Å²) in [6.45, 7) is 6.27. The second-order valence-electron chi connectivity index (χ2n) is 7.90. The van der Waals surface area contributed by atoms with Crippen molar-refractivity contribution in [2.24, 2.45) is 0 Å². The van der Waals surface area contributed by atoms with Gasteiger partial charge in [-0.3, -0.25) is 4.79 Å². The number of amides is 1. The summed E-state index contributed by atoms with van der Waals surface area (Å²) in [7, 11) is 0. The first kappa shape index (κ1) is 23.2. The van der Waals surface area contributed by atoms with Crippen LogP contribution in [0.3, 0.4) is 0 Å². The van der Waals surface area contributed by atoms with E-state index in [4.69, 9.17) is 0 Å². The predicted octanol–water partition coefficient (Wildman–Crippen LogP) is 5.41. The smallest absolute Gasteiger partial charge is 0.317 e. The molecule has 1 amide bonds. The van der Waals surface area contributed by atoms with Gasteiger partial charge in [0.1, 0.15) is 10.0 Å². The molecule has 1 atom stereocenters. The summed E-state index contributed by atoms with van der Waals surface area (Å²) in [5.41, 5.74) is 1.59. The highest BCUT2D eigenvalue weighted by Gasteiger charge is 2.31. The van der Waals surface area contributed by atoms with Crippen molar-refractivity contribution in [3.63, 3.8) is 0 Å². The minimum Gasteiger partial charge on any atom is -0.317 e. The fourth-order valence-corrected chi connectivity index (χ4v) is 5.95. The summed E-state index contributed by atoms with van der Waals surface area (Å²) in [4.78, 5) is 18.3. The van der Waals surface area contributed by atoms with E-state index in [-0.39, 0.29) is 5.91 Å². The average molecular weight is 483 g/mol. The van der Waals surface area contributed by atoms with Gasteiger partial charge >= 0.3 is 6.18 Å². The highest BCUT2D eigenvalue weighted by Crippen LogP contribution is 2.45. The molecule has 5 nitrogen and oxygen atoms in total. The lowest BCUT2D eigenvalue weighted by Gasteiger charge is -2.13. The van der Waals surface area contributed by atoms with Crippen LogP contribution in [0, 0.1) is 0 Å². The number of aromatic nitrogens is 1.